The van der Waals surface area contributed by atoms with E-state index in [4.69, 9.17) is 11.6 Å². The van der Waals surface area contributed by atoms with Crippen LogP contribution in [0.15, 0.2) is 4.79 Å². The number of halogens is 2. The number of hydrogen-bond acceptors (Lipinski definition) is 2. The van der Waals surface area contributed by atoms with Crippen molar-refractivity contribution in [2.75, 3.05) is 0 Å². The Morgan fingerprint density at radius 1 is 1.20 bits per heavy atom. The Kier molecular flexibility index (Phi) is 4.72. The van der Waals surface area contributed by atoms with E-state index in [0.717, 1.165) is 25.2 Å². The molecule has 3 saturated carbocycles. The molecule has 140 valence electrons. The summed E-state index contributed by atoms with van der Waals surface area (Å²) in [4.78, 5) is 12.5. The van der Waals surface area contributed by atoms with Gasteiger partial charge in [0, 0.05) is 31.3 Å². The van der Waals surface area contributed by atoms with E-state index < -0.39 is 6.17 Å². The molecule has 3 fully saturated rings. The summed E-state index contributed by atoms with van der Waals surface area (Å²) >= 11 is 6.39. The van der Waals surface area contributed by atoms with Crippen LogP contribution < -0.4 is 5.69 Å². The van der Waals surface area contributed by atoms with Gasteiger partial charge in [0.1, 0.15) is 12.0 Å². The minimum absolute atomic E-state index is 0.0703. The molecule has 0 saturated heterocycles. The lowest BCUT2D eigenvalue weighted by molar-refractivity contribution is 0.165. The van der Waals surface area contributed by atoms with Gasteiger partial charge in [-0.2, -0.15) is 5.10 Å². The first-order valence-corrected chi connectivity index (χ1v) is 10.3. The van der Waals surface area contributed by atoms with Gasteiger partial charge in [0.15, 0.2) is 0 Å². The van der Waals surface area contributed by atoms with Crippen molar-refractivity contribution in [2.24, 2.45) is 24.3 Å². The molecule has 3 aliphatic rings. The average Bonchev–Trinajstić information content (AvgIpc) is 3.30. The predicted octanol–water partition coefficient (Wildman–Crippen LogP) is 3.84. The second-order valence-electron chi connectivity index (χ2n) is 8.71. The van der Waals surface area contributed by atoms with Crippen LogP contribution >= 0.6 is 11.6 Å². The largest absolute Gasteiger partial charge is 0.345 e. The molecule has 1 aromatic heterocycles. The van der Waals surface area contributed by atoms with Crippen LogP contribution in [-0.4, -0.2) is 25.9 Å². The van der Waals surface area contributed by atoms with Crippen molar-refractivity contribution in [3.63, 3.8) is 0 Å². The highest BCUT2D eigenvalue weighted by Crippen LogP contribution is 2.57. The van der Waals surface area contributed by atoms with Gasteiger partial charge in [-0.15, -0.1) is 11.6 Å². The standard InChI is InChI=1S/C19H29ClFN3O/c1-23-18(25)24(12-13-5-7-19(8-6-13)9-10-19)17(22-23)11-14-15(20)3-2-4-16(14)21/h13-16H,2-12H2,1H3. The van der Waals surface area contributed by atoms with E-state index in [1.165, 1.54) is 43.2 Å². The zero-order valence-corrected chi connectivity index (χ0v) is 15.8. The molecule has 25 heavy (non-hydrogen) atoms. The number of rotatable bonds is 4. The maximum Gasteiger partial charge on any atom is 0.345 e. The van der Waals surface area contributed by atoms with E-state index in [2.05, 4.69) is 5.10 Å². The highest BCUT2D eigenvalue weighted by atomic mass is 35.5. The molecule has 1 heterocycles. The van der Waals surface area contributed by atoms with E-state index >= 15 is 0 Å². The lowest BCUT2D eigenvalue weighted by atomic mass is 9.79. The molecule has 0 amide bonds. The third-order valence-corrected chi connectivity index (χ3v) is 7.50. The summed E-state index contributed by atoms with van der Waals surface area (Å²) < 4.78 is 17.6. The van der Waals surface area contributed by atoms with Crippen LogP contribution in [0.3, 0.4) is 0 Å². The fourth-order valence-electron chi connectivity index (χ4n) is 4.93. The van der Waals surface area contributed by atoms with E-state index in [-0.39, 0.29) is 17.0 Å². The Bertz CT molecular complexity index is 661. The van der Waals surface area contributed by atoms with E-state index in [0.29, 0.717) is 24.2 Å². The highest BCUT2D eigenvalue weighted by Gasteiger charge is 2.44. The van der Waals surface area contributed by atoms with Gasteiger partial charge in [0.05, 0.1) is 0 Å². The van der Waals surface area contributed by atoms with Crippen LogP contribution in [0.2, 0.25) is 0 Å². The maximum atomic E-state index is 14.4. The summed E-state index contributed by atoms with van der Waals surface area (Å²) in [5, 5.41) is 4.27. The molecule has 4 rings (SSSR count). The minimum atomic E-state index is -0.883. The normalized spacial score (nSPS) is 32.2. The first-order valence-electron chi connectivity index (χ1n) is 9.88. The van der Waals surface area contributed by atoms with Crippen LogP contribution in [0.4, 0.5) is 4.39 Å². The van der Waals surface area contributed by atoms with Gasteiger partial charge in [-0.1, -0.05) is 0 Å². The Hall–Kier alpha value is -0.840. The van der Waals surface area contributed by atoms with Gasteiger partial charge in [-0.25, -0.2) is 13.9 Å². The second-order valence-corrected chi connectivity index (χ2v) is 9.27. The smallest absolute Gasteiger partial charge is 0.279 e. The molecule has 0 aliphatic heterocycles. The Labute approximate surface area is 153 Å². The van der Waals surface area contributed by atoms with Crippen LogP contribution in [0.5, 0.6) is 0 Å². The van der Waals surface area contributed by atoms with E-state index in [9.17, 15) is 9.18 Å². The minimum Gasteiger partial charge on any atom is -0.279 e. The van der Waals surface area contributed by atoms with Crippen LogP contribution in [0.25, 0.3) is 0 Å². The molecule has 4 nitrogen and oxygen atoms in total. The monoisotopic (exact) mass is 369 g/mol. The van der Waals surface area contributed by atoms with Crippen molar-refractivity contribution >= 4 is 11.6 Å². The van der Waals surface area contributed by atoms with Crippen LogP contribution in [0, 0.1) is 17.3 Å². The van der Waals surface area contributed by atoms with E-state index in [1.54, 1.807) is 11.6 Å². The highest BCUT2D eigenvalue weighted by molar-refractivity contribution is 6.20. The number of aromatic nitrogens is 3. The first kappa shape index (κ1) is 17.6. The molecule has 1 aromatic rings. The van der Waals surface area contributed by atoms with Crippen LogP contribution in [-0.2, 0) is 20.0 Å². The SMILES string of the molecule is Cn1nc(CC2C(F)CCCC2Cl)n(CC2CCC3(CC2)CC3)c1=O. The summed E-state index contributed by atoms with van der Waals surface area (Å²) in [5.74, 6) is 1.04. The third kappa shape index (κ3) is 3.54. The first-order chi connectivity index (χ1) is 12.0. The van der Waals surface area contributed by atoms with Crippen molar-refractivity contribution in [2.45, 2.75) is 82.3 Å². The maximum absolute atomic E-state index is 14.4. The molecule has 3 aliphatic carbocycles. The fraction of sp³-hybridized carbons (Fsp3) is 0.895. The van der Waals surface area contributed by atoms with Crippen molar-refractivity contribution in [3.05, 3.63) is 16.3 Å². The number of hydrogen-bond donors (Lipinski definition) is 0. The fourth-order valence-corrected chi connectivity index (χ4v) is 5.33. The van der Waals surface area contributed by atoms with Gasteiger partial charge in [-0.3, -0.25) is 4.57 Å². The molecular weight excluding hydrogens is 341 g/mol. The average molecular weight is 370 g/mol. The van der Waals surface area contributed by atoms with Crippen molar-refractivity contribution in [1.29, 1.82) is 0 Å². The Morgan fingerprint density at radius 3 is 2.56 bits per heavy atom. The number of aryl methyl sites for hydroxylation is 1. The van der Waals surface area contributed by atoms with Gasteiger partial charge < -0.3 is 0 Å². The summed E-state index contributed by atoms with van der Waals surface area (Å²) in [6.07, 6.45) is 9.69. The molecule has 0 aromatic carbocycles. The summed E-state index contributed by atoms with van der Waals surface area (Å²) in [7, 11) is 1.69. The van der Waals surface area contributed by atoms with E-state index in [1.807, 2.05) is 0 Å². The van der Waals surface area contributed by atoms with Gasteiger partial charge in [-0.05, 0) is 69.1 Å². The zero-order chi connectivity index (χ0) is 17.6. The van der Waals surface area contributed by atoms with Gasteiger partial charge in [0.25, 0.3) is 0 Å². The lowest BCUT2D eigenvalue weighted by Gasteiger charge is -2.31. The predicted molar refractivity (Wildman–Crippen MR) is 96.7 cm³/mol. The summed E-state index contributed by atoms with van der Waals surface area (Å²) in [6, 6.07) is 0. The van der Waals surface area contributed by atoms with Crippen molar-refractivity contribution < 1.29 is 4.39 Å². The topological polar surface area (TPSA) is 39.8 Å². The molecule has 6 heteroatoms. The van der Waals surface area contributed by atoms with Crippen molar-refractivity contribution in [3.8, 4) is 0 Å². The lowest BCUT2D eigenvalue weighted by Crippen LogP contribution is -2.34. The second kappa shape index (κ2) is 6.71. The number of alkyl halides is 2. The summed E-state index contributed by atoms with van der Waals surface area (Å²) in [6.45, 7) is 0.731. The summed E-state index contributed by atoms with van der Waals surface area (Å²) in [5.41, 5.74) is 0.591. The molecule has 1 spiro atoms. The molecular formula is C19H29ClFN3O. The Balaban J connectivity index is 1.48. The Morgan fingerprint density at radius 2 is 1.92 bits per heavy atom. The molecule has 0 radical (unpaired) electrons. The molecule has 3 unspecified atom stereocenters. The van der Waals surface area contributed by atoms with Crippen molar-refractivity contribution in [1.82, 2.24) is 14.3 Å². The molecule has 0 N–H and O–H groups in total. The quantitative estimate of drug-likeness (QED) is 0.756. The van der Waals surface area contributed by atoms with Gasteiger partial charge in [0.2, 0.25) is 0 Å². The number of nitrogens with zero attached hydrogens (tertiary/aromatic N) is 3. The third-order valence-electron chi connectivity index (χ3n) is 6.96. The van der Waals surface area contributed by atoms with Gasteiger partial charge >= 0.3 is 5.69 Å². The molecule has 0 bridgehead atoms. The zero-order valence-electron chi connectivity index (χ0n) is 15.1. The van der Waals surface area contributed by atoms with Crippen LogP contribution in [0.1, 0.15) is 63.6 Å². The molecule has 3 atom stereocenters.